The maximum absolute atomic E-state index is 12.0. The van der Waals surface area contributed by atoms with Crippen LogP contribution >= 0.6 is 0 Å². The largest absolute Gasteiger partial charge is 0.494 e. The molecule has 0 amide bonds. The quantitative estimate of drug-likeness (QED) is 0.365. The van der Waals surface area contributed by atoms with Crippen LogP contribution in [0.5, 0.6) is 5.75 Å². The number of hydrogen-bond donors (Lipinski definition) is 4. The summed E-state index contributed by atoms with van der Waals surface area (Å²) in [6.07, 6.45) is 4.24. The van der Waals surface area contributed by atoms with Crippen LogP contribution in [0.4, 0.5) is 0 Å². The number of rotatable bonds is 13. The van der Waals surface area contributed by atoms with Crippen molar-refractivity contribution in [1.29, 1.82) is 0 Å². The summed E-state index contributed by atoms with van der Waals surface area (Å²) in [7, 11) is 0. The Kier molecular flexibility index (Phi) is 10.5. The molecule has 158 valence electrons. The van der Waals surface area contributed by atoms with Crippen molar-refractivity contribution in [2.75, 3.05) is 39.5 Å². The first-order valence-corrected chi connectivity index (χ1v) is 10.3. The van der Waals surface area contributed by atoms with Gasteiger partial charge in [-0.25, -0.2) is 0 Å². The third kappa shape index (κ3) is 7.85. The Bertz CT molecular complexity index is 585. The predicted octanol–water partition coefficient (Wildman–Crippen LogP) is 0.671. The number of aliphatic hydroxyl groups excluding tert-OH is 2. The standard InChI is InChI=1S/C21H35N3O4/c22-20(21(27)7-9-23-10-12-25)8-13-28-19-6-3-4-17(14-19)15-24-11-2-1-5-18(24)16-26/h3-4,6,14,18,20,23,25-26H,1-2,5,7-13,15-16,22H2. The van der Waals surface area contributed by atoms with E-state index in [0.717, 1.165) is 30.8 Å². The van der Waals surface area contributed by atoms with Crippen LogP contribution in [0.2, 0.25) is 0 Å². The monoisotopic (exact) mass is 393 g/mol. The highest BCUT2D eigenvalue weighted by atomic mass is 16.5. The summed E-state index contributed by atoms with van der Waals surface area (Å²) in [5.74, 6) is 0.780. The Hall–Kier alpha value is -1.51. The topological polar surface area (TPSA) is 108 Å². The van der Waals surface area contributed by atoms with E-state index in [1.165, 1.54) is 12.8 Å². The number of carbonyl (C=O) groups excluding carboxylic acids is 1. The van der Waals surface area contributed by atoms with Gasteiger partial charge in [0.05, 0.1) is 25.9 Å². The molecular formula is C21H35N3O4. The average molecular weight is 394 g/mol. The summed E-state index contributed by atoms with van der Waals surface area (Å²) in [5, 5.41) is 21.2. The highest BCUT2D eigenvalue weighted by Crippen LogP contribution is 2.21. The number of Topliss-reactive ketones (excluding diaryl/α,β-unsaturated/α-hetero) is 1. The molecule has 0 radical (unpaired) electrons. The van der Waals surface area contributed by atoms with Crippen molar-refractivity contribution in [1.82, 2.24) is 10.2 Å². The zero-order chi connectivity index (χ0) is 20.2. The predicted molar refractivity (Wildman–Crippen MR) is 109 cm³/mol. The molecule has 0 spiro atoms. The molecule has 0 aromatic heterocycles. The molecule has 7 heteroatoms. The first-order chi connectivity index (χ1) is 13.6. The fraction of sp³-hybridized carbons (Fsp3) is 0.667. The van der Waals surface area contributed by atoms with Crippen molar-refractivity contribution in [2.24, 2.45) is 5.73 Å². The van der Waals surface area contributed by atoms with Crippen molar-refractivity contribution >= 4 is 5.78 Å². The lowest BCUT2D eigenvalue weighted by atomic mass is 10.0. The molecular weight excluding hydrogens is 358 g/mol. The Balaban J connectivity index is 1.74. The summed E-state index contributed by atoms with van der Waals surface area (Å²) in [4.78, 5) is 14.3. The molecule has 1 heterocycles. The number of piperidine rings is 1. The molecule has 1 saturated heterocycles. The number of nitrogens with zero attached hydrogens (tertiary/aromatic N) is 1. The molecule has 7 nitrogen and oxygen atoms in total. The summed E-state index contributed by atoms with van der Waals surface area (Å²) >= 11 is 0. The molecule has 0 bridgehead atoms. The summed E-state index contributed by atoms with van der Waals surface area (Å²) in [5.41, 5.74) is 7.10. The third-order valence-electron chi connectivity index (χ3n) is 5.19. The van der Waals surface area contributed by atoms with Gasteiger partial charge in [-0.15, -0.1) is 0 Å². The molecule has 2 unspecified atom stereocenters. The first kappa shape index (κ1) is 22.8. The second kappa shape index (κ2) is 12.9. The van der Waals surface area contributed by atoms with Crippen LogP contribution in [0.3, 0.4) is 0 Å². The fourth-order valence-corrected chi connectivity index (χ4v) is 3.51. The van der Waals surface area contributed by atoms with Gasteiger partial charge in [0.15, 0.2) is 5.78 Å². The van der Waals surface area contributed by atoms with Gasteiger partial charge >= 0.3 is 0 Å². The number of carbonyl (C=O) groups is 1. The van der Waals surface area contributed by atoms with Gasteiger partial charge in [-0.1, -0.05) is 18.6 Å². The van der Waals surface area contributed by atoms with Crippen LogP contribution in [0.25, 0.3) is 0 Å². The van der Waals surface area contributed by atoms with Crippen molar-refractivity contribution in [3.63, 3.8) is 0 Å². The van der Waals surface area contributed by atoms with Crippen LogP contribution in [0, 0.1) is 0 Å². The van der Waals surface area contributed by atoms with E-state index in [1.807, 2.05) is 18.2 Å². The van der Waals surface area contributed by atoms with Crippen LogP contribution in [-0.4, -0.2) is 72.4 Å². The van der Waals surface area contributed by atoms with Gasteiger partial charge in [0.2, 0.25) is 0 Å². The smallest absolute Gasteiger partial charge is 0.150 e. The highest BCUT2D eigenvalue weighted by Gasteiger charge is 2.21. The normalized spacial score (nSPS) is 18.8. The van der Waals surface area contributed by atoms with E-state index in [9.17, 15) is 9.90 Å². The summed E-state index contributed by atoms with van der Waals surface area (Å²) < 4.78 is 5.80. The Morgan fingerprint density at radius 2 is 2.18 bits per heavy atom. The average Bonchev–Trinajstić information content (AvgIpc) is 2.71. The molecule has 1 aliphatic heterocycles. The van der Waals surface area contributed by atoms with E-state index in [4.69, 9.17) is 15.6 Å². The minimum Gasteiger partial charge on any atom is -0.494 e. The second-order valence-corrected chi connectivity index (χ2v) is 7.38. The minimum atomic E-state index is -0.530. The number of nitrogens with one attached hydrogen (secondary N) is 1. The van der Waals surface area contributed by atoms with Crippen LogP contribution < -0.4 is 15.8 Å². The van der Waals surface area contributed by atoms with Gasteiger partial charge in [0.25, 0.3) is 0 Å². The van der Waals surface area contributed by atoms with Gasteiger partial charge in [-0.3, -0.25) is 9.69 Å². The lowest BCUT2D eigenvalue weighted by Gasteiger charge is -2.34. The van der Waals surface area contributed by atoms with Crippen molar-refractivity contribution in [3.8, 4) is 5.75 Å². The zero-order valence-corrected chi connectivity index (χ0v) is 16.7. The Morgan fingerprint density at radius 1 is 1.32 bits per heavy atom. The first-order valence-electron chi connectivity index (χ1n) is 10.3. The van der Waals surface area contributed by atoms with E-state index in [-0.39, 0.29) is 25.0 Å². The molecule has 0 saturated carbocycles. The van der Waals surface area contributed by atoms with Crippen molar-refractivity contribution in [2.45, 2.75) is 50.7 Å². The molecule has 1 fully saturated rings. The number of hydrogen-bond acceptors (Lipinski definition) is 7. The summed E-state index contributed by atoms with van der Waals surface area (Å²) in [6, 6.07) is 7.70. The molecule has 2 rings (SSSR count). The maximum Gasteiger partial charge on any atom is 0.150 e. The second-order valence-electron chi connectivity index (χ2n) is 7.38. The lowest BCUT2D eigenvalue weighted by molar-refractivity contribution is -0.120. The molecule has 1 aromatic rings. The molecule has 0 aliphatic carbocycles. The van der Waals surface area contributed by atoms with Crippen molar-refractivity contribution < 1.29 is 19.7 Å². The van der Waals surface area contributed by atoms with Gasteiger partial charge in [0.1, 0.15) is 5.75 Å². The zero-order valence-electron chi connectivity index (χ0n) is 16.7. The number of nitrogens with two attached hydrogens (primary N) is 1. The minimum absolute atomic E-state index is 0.00272. The molecule has 1 aliphatic rings. The van der Waals surface area contributed by atoms with E-state index in [2.05, 4.69) is 16.3 Å². The lowest BCUT2D eigenvalue weighted by Crippen LogP contribution is -2.41. The Morgan fingerprint density at radius 3 is 2.96 bits per heavy atom. The third-order valence-corrected chi connectivity index (χ3v) is 5.19. The number of ketones is 1. The Labute approximate surface area is 167 Å². The number of ether oxygens (including phenoxy) is 1. The molecule has 5 N–H and O–H groups in total. The maximum atomic E-state index is 12.0. The van der Waals surface area contributed by atoms with Gasteiger partial charge in [-0.05, 0) is 37.1 Å². The molecule has 28 heavy (non-hydrogen) atoms. The van der Waals surface area contributed by atoms with Crippen LogP contribution in [0.1, 0.15) is 37.7 Å². The number of benzene rings is 1. The van der Waals surface area contributed by atoms with E-state index >= 15 is 0 Å². The van der Waals surface area contributed by atoms with E-state index in [0.29, 0.717) is 32.5 Å². The highest BCUT2D eigenvalue weighted by molar-refractivity contribution is 5.83. The van der Waals surface area contributed by atoms with Crippen LogP contribution in [-0.2, 0) is 11.3 Å². The van der Waals surface area contributed by atoms with Crippen LogP contribution in [0.15, 0.2) is 24.3 Å². The number of aliphatic hydroxyl groups is 2. The SMILES string of the molecule is NC(CCOc1cccc(CN2CCCCC2CO)c1)C(=O)CCNCCO. The van der Waals surface area contributed by atoms with E-state index < -0.39 is 6.04 Å². The van der Waals surface area contributed by atoms with Gasteiger partial charge in [0, 0.05) is 38.5 Å². The van der Waals surface area contributed by atoms with Gasteiger partial charge in [-0.2, -0.15) is 0 Å². The van der Waals surface area contributed by atoms with Crippen molar-refractivity contribution in [3.05, 3.63) is 29.8 Å². The van der Waals surface area contributed by atoms with E-state index in [1.54, 1.807) is 0 Å². The summed E-state index contributed by atoms with van der Waals surface area (Å²) in [6.45, 7) is 3.49. The number of likely N-dealkylation sites (tertiary alicyclic amines) is 1. The fourth-order valence-electron chi connectivity index (χ4n) is 3.51. The molecule has 2 atom stereocenters. The van der Waals surface area contributed by atoms with Gasteiger partial charge < -0.3 is 26.0 Å². The molecule has 1 aromatic carbocycles.